The minimum Gasteiger partial charge on any atom is -0.354 e. The first-order valence-corrected chi connectivity index (χ1v) is 6.39. The lowest BCUT2D eigenvalue weighted by Gasteiger charge is -2.27. The Morgan fingerprint density at radius 3 is 2.94 bits per heavy atom. The van der Waals surface area contributed by atoms with Crippen LogP contribution < -0.4 is 10.6 Å². The Balaban J connectivity index is 2.42. The summed E-state index contributed by atoms with van der Waals surface area (Å²) in [4.78, 5) is 12.1. The molecule has 0 spiro atoms. The van der Waals surface area contributed by atoms with Crippen LogP contribution in [0.5, 0.6) is 0 Å². The molecule has 0 aliphatic carbocycles. The number of carbonyl (C=O) groups excluding carboxylic acids is 1. The van der Waals surface area contributed by atoms with E-state index in [9.17, 15) is 4.79 Å². The average Bonchev–Trinajstić information content (AvgIpc) is 2.74. The lowest BCUT2D eigenvalue weighted by Crippen LogP contribution is -2.53. The molecule has 1 amide bonds. The van der Waals surface area contributed by atoms with Gasteiger partial charge < -0.3 is 10.6 Å². The number of amides is 1. The molecule has 92 valence electrons. The summed E-state index contributed by atoms with van der Waals surface area (Å²) in [6, 6.07) is 0. The van der Waals surface area contributed by atoms with Crippen LogP contribution in [0.1, 0.15) is 46.0 Å². The molecular weight excluding hydrogens is 200 g/mol. The van der Waals surface area contributed by atoms with Gasteiger partial charge in [-0.25, -0.2) is 0 Å². The second-order valence-electron chi connectivity index (χ2n) is 4.48. The van der Waals surface area contributed by atoms with Crippen molar-refractivity contribution in [1.82, 2.24) is 10.6 Å². The first-order chi connectivity index (χ1) is 7.75. The molecule has 3 nitrogen and oxygen atoms in total. The highest BCUT2D eigenvalue weighted by atomic mass is 16.2. The lowest BCUT2D eigenvalue weighted by atomic mass is 9.91. The Bertz CT molecular complexity index is 242. The first kappa shape index (κ1) is 13.2. The van der Waals surface area contributed by atoms with Gasteiger partial charge in [-0.15, -0.1) is 0 Å². The molecule has 1 atom stereocenters. The van der Waals surface area contributed by atoms with Crippen LogP contribution in [-0.4, -0.2) is 24.5 Å². The molecule has 0 saturated carbocycles. The quantitative estimate of drug-likeness (QED) is 0.535. The summed E-state index contributed by atoms with van der Waals surface area (Å²) < 4.78 is 0. The fourth-order valence-electron chi connectivity index (χ4n) is 2.36. The number of nitrogens with one attached hydrogen (secondary N) is 2. The van der Waals surface area contributed by atoms with Gasteiger partial charge in [0.05, 0.1) is 5.54 Å². The summed E-state index contributed by atoms with van der Waals surface area (Å²) in [6.45, 7) is 5.85. The van der Waals surface area contributed by atoms with Crippen LogP contribution in [0, 0.1) is 0 Å². The van der Waals surface area contributed by atoms with Gasteiger partial charge in [0.2, 0.25) is 5.91 Å². The van der Waals surface area contributed by atoms with Gasteiger partial charge in [-0.2, -0.15) is 0 Å². The third kappa shape index (κ3) is 3.34. The number of rotatable bonds is 6. The van der Waals surface area contributed by atoms with Crippen molar-refractivity contribution in [1.29, 1.82) is 0 Å². The standard InChI is InChI=1S/C13H24N2O/c1-3-5-6-10-14-12(16)13(8-4-2)9-7-11-15-13/h3,5,15H,4,6-11H2,1-2H3,(H,14,16)/b5-3+. The predicted octanol–water partition coefficient (Wildman–Crippen LogP) is 1.99. The second-order valence-corrected chi connectivity index (χ2v) is 4.48. The molecule has 0 bridgehead atoms. The van der Waals surface area contributed by atoms with Crippen molar-refractivity contribution in [3.63, 3.8) is 0 Å². The fourth-order valence-corrected chi connectivity index (χ4v) is 2.36. The molecule has 1 fully saturated rings. The third-order valence-electron chi connectivity index (χ3n) is 3.19. The van der Waals surface area contributed by atoms with Crippen molar-refractivity contribution in [3.05, 3.63) is 12.2 Å². The van der Waals surface area contributed by atoms with E-state index in [-0.39, 0.29) is 11.4 Å². The smallest absolute Gasteiger partial charge is 0.240 e. The van der Waals surface area contributed by atoms with Crippen LogP contribution in [0.3, 0.4) is 0 Å². The molecule has 0 aromatic carbocycles. The maximum absolute atomic E-state index is 12.1. The number of allylic oxidation sites excluding steroid dienone is 1. The molecule has 0 radical (unpaired) electrons. The van der Waals surface area contributed by atoms with E-state index >= 15 is 0 Å². The zero-order chi connectivity index (χ0) is 11.9. The monoisotopic (exact) mass is 224 g/mol. The molecule has 0 aromatic rings. The molecule has 16 heavy (non-hydrogen) atoms. The summed E-state index contributed by atoms with van der Waals surface area (Å²) in [5.41, 5.74) is -0.273. The average molecular weight is 224 g/mol. The van der Waals surface area contributed by atoms with Crippen LogP contribution in [0.15, 0.2) is 12.2 Å². The Hall–Kier alpha value is -0.830. The van der Waals surface area contributed by atoms with E-state index in [0.29, 0.717) is 0 Å². The summed E-state index contributed by atoms with van der Waals surface area (Å²) >= 11 is 0. The van der Waals surface area contributed by atoms with Crippen LogP contribution in [0.25, 0.3) is 0 Å². The van der Waals surface area contributed by atoms with Crippen molar-refractivity contribution < 1.29 is 4.79 Å². The molecule has 0 aromatic heterocycles. The van der Waals surface area contributed by atoms with E-state index in [1.165, 1.54) is 0 Å². The number of carbonyl (C=O) groups is 1. The number of hydrogen-bond donors (Lipinski definition) is 2. The summed E-state index contributed by atoms with van der Waals surface area (Å²) in [7, 11) is 0. The van der Waals surface area contributed by atoms with E-state index in [0.717, 1.165) is 45.2 Å². The lowest BCUT2D eigenvalue weighted by molar-refractivity contribution is -0.127. The largest absolute Gasteiger partial charge is 0.354 e. The SMILES string of the molecule is C/C=C/CCNC(=O)C1(CCC)CCCN1. The molecule has 2 N–H and O–H groups in total. The van der Waals surface area contributed by atoms with Gasteiger partial charge in [0.25, 0.3) is 0 Å². The third-order valence-corrected chi connectivity index (χ3v) is 3.19. The van der Waals surface area contributed by atoms with Gasteiger partial charge >= 0.3 is 0 Å². The minimum absolute atomic E-state index is 0.191. The zero-order valence-electron chi connectivity index (χ0n) is 10.5. The first-order valence-electron chi connectivity index (χ1n) is 6.39. The van der Waals surface area contributed by atoms with Crippen LogP contribution >= 0.6 is 0 Å². The van der Waals surface area contributed by atoms with E-state index in [1.54, 1.807) is 0 Å². The summed E-state index contributed by atoms with van der Waals surface area (Å²) in [5, 5.41) is 6.41. The molecule has 1 saturated heterocycles. The van der Waals surface area contributed by atoms with Crippen molar-refractivity contribution in [2.75, 3.05) is 13.1 Å². The molecule has 1 rings (SSSR count). The van der Waals surface area contributed by atoms with Crippen molar-refractivity contribution in [2.45, 2.75) is 51.5 Å². The van der Waals surface area contributed by atoms with Crippen LogP contribution in [0.2, 0.25) is 0 Å². The van der Waals surface area contributed by atoms with Gasteiger partial charge in [-0.05, 0) is 39.2 Å². The molecule has 1 unspecified atom stereocenters. The van der Waals surface area contributed by atoms with Gasteiger partial charge in [0.1, 0.15) is 0 Å². The van der Waals surface area contributed by atoms with E-state index in [1.807, 2.05) is 13.0 Å². The molecule has 1 aliphatic rings. The van der Waals surface area contributed by atoms with E-state index < -0.39 is 0 Å². The maximum Gasteiger partial charge on any atom is 0.240 e. The Morgan fingerprint density at radius 1 is 1.56 bits per heavy atom. The fraction of sp³-hybridized carbons (Fsp3) is 0.769. The minimum atomic E-state index is -0.273. The molecule has 1 aliphatic heterocycles. The Morgan fingerprint density at radius 2 is 2.38 bits per heavy atom. The summed E-state index contributed by atoms with van der Waals surface area (Å²) in [5.74, 6) is 0.191. The zero-order valence-corrected chi connectivity index (χ0v) is 10.5. The Kier molecular flexibility index (Phi) is 5.53. The molecule has 3 heteroatoms. The summed E-state index contributed by atoms with van der Waals surface area (Å²) in [6.07, 6.45) is 9.11. The van der Waals surface area contributed by atoms with Gasteiger partial charge in [0.15, 0.2) is 0 Å². The highest BCUT2D eigenvalue weighted by Gasteiger charge is 2.39. The topological polar surface area (TPSA) is 41.1 Å². The Labute approximate surface area is 98.7 Å². The van der Waals surface area contributed by atoms with Crippen molar-refractivity contribution in [2.24, 2.45) is 0 Å². The van der Waals surface area contributed by atoms with Gasteiger partial charge in [-0.1, -0.05) is 25.5 Å². The van der Waals surface area contributed by atoms with E-state index in [4.69, 9.17) is 0 Å². The van der Waals surface area contributed by atoms with Crippen LogP contribution in [-0.2, 0) is 4.79 Å². The van der Waals surface area contributed by atoms with Crippen LogP contribution in [0.4, 0.5) is 0 Å². The highest BCUT2D eigenvalue weighted by Crippen LogP contribution is 2.24. The predicted molar refractivity (Wildman–Crippen MR) is 67.3 cm³/mol. The van der Waals surface area contributed by atoms with Gasteiger partial charge in [-0.3, -0.25) is 4.79 Å². The second kappa shape index (κ2) is 6.69. The molecular formula is C13H24N2O. The van der Waals surface area contributed by atoms with Crippen molar-refractivity contribution >= 4 is 5.91 Å². The molecule has 1 heterocycles. The normalized spacial score (nSPS) is 25.1. The maximum atomic E-state index is 12.1. The van der Waals surface area contributed by atoms with Crippen molar-refractivity contribution in [3.8, 4) is 0 Å². The number of hydrogen-bond acceptors (Lipinski definition) is 2. The highest BCUT2D eigenvalue weighted by molar-refractivity contribution is 5.86. The van der Waals surface area contributed by atoms with E-state index in [2.05, 4.69) is 23.6 Å². The van der Waals surface area contributed by atoms with Gasteiger partial charge in [0, 0.05) is 6.54 Å².